The molecule has 0 aliphatic heterocycles. The third-order valence-electron chi connectivity index (χ3n) is 2.87. The summed E-state index contributed by atoms with van der Waals surface area (Å²) in [7, 11) is 0. The van der Waals surface area contributed by atoms with Crippen LogP contribution in [0.2, 0.25) is 0 Å². The molecule has 2 aromatic rings. The number of anilines is 2. The largest absolute Gasteiger partial charge is 0.368 e. The number of hydrogen-bond donors (Lipinski definition) is 2. The summed E-state index contributed by atoms with van der Waals surface area (Å²) in [4.78, 5) is 8.79. The Morgan fingerprint density at radius 3 is 2.30 bits per heavy atom. The molecular weight excluding hydrogens is 248 g/mol. The molecule has 4 nitrogen and oxygen atoms in total. The van der Waals surface area contributed by atoms with Crippen LogP contribution in [0.1, 0.15) is 30.8 Å². The van der Waals surface area contributed by atoms with Gasteiger partial charge in [0.2, 0.25) is 0 Å². The molecule has 0 atom stereocenters. The molecule has 1 aromatic heterocycles. The van der Waals surface area contributed by atoms with Gasteiger partial charge in [0.15, 0.2) is 0 Å². The third-order valence-corrected chi connectivity index (χ3v) is 2.87. The van der Waals surface area contributed by atoms with Crippen molar-refractivity contribution in [3.63, 3.8) is 0 Å². The average Bonchev–Trinajstić information content (AvgIpc) is 2.36. The monoisotopic (exact) mass is 270 g/mol. The van der Waals surface area contributed by atoms with Crippen LogP contribution in [0, 0.1) is 13.8 Å². The Kier molecular flexibility index (Phi) is 4.56. The van der Waals surface area contributed by atoms with Crippen molar-refractivity contribution >= 4 is 11.6 Å². The highest BCUT2D eigenvalue weighted by molar-refractivity contribution is 5.48. The Labute approximate surface area is 120 Å². The molecule has 0 amide bonds. The van der Waals surface area contributed by atoms with E-state index in [1.54, 1.807) is 0 Å². The number of benzene rings is 1. The zero-order valence-corrected chi connectivity index (χ0v) is 12.6. The van der Waals surface area contributed by atoms with E-state index in [1.807, 2.05) is 13.0 Å². The summed E-state index contributed by atoms with van der Waals surface area (Å²) in [6, 6.07) is 10.8. The van der Waals surface area contributed by atoms with E-state index in [0.29, 0.717) is 6.04 Å². The van der Waals surface area contributed by atoms with Crippen molar-refractivity contribution in [1.82, 2.24) is 9.97 Å². The van der Waals surface area contributed by atoms with Gasteiger partial charge in [-0.25, -0.2) is 9.97 Å². The average molecular weight is 270 g/mol. The van der Waals surface area contributed by atoms with Crippen LogP contribution < -0.4 is 10.6 Å². The number of aryl methyl sites for hydroxylation is 2. The van der Waals surface area contributed by atoms with Crippen molar-refractivity contribution in [2.75, 3.05) is 10.6 Å². The van der Waals surface area contributed by atoms with Gasteiger partial charge in [0.25, 0.3) is 0 Å². The molecule has 2 rings (SSSR count). The van der Waals surface area contributed by atoms with Gasteiger partial charge in [-0.1, -0.05) is 29.8 Å². The summed E-state index contributed by atoms with van der Waals surface area (Å²) < 4.78 is 0. The van der Waals surface area contributed by atoms with Crippen LogP contribution in [-0.4, -0.2) is 16.0 Å². The van der Waals surface area contributed by atoms with Gasteiger partial charge in [-0.15, -0.1) is 0 Å². The molecule has 1 aromatic carbocycles. The molecule has 1 heterocycles. The van der Waals surface area contributed by atoms with E-state index in [0.717, 1.165) is 24.0 Å². The lowest BCUT2D eigenvalue weighted by molar-refractivity contribution is 0.880. The van der Waals surface area contributed by atoms with Crippen molar-refractivity contribution in [2.24, 2.45) is 0 Å². The predicted molar refractivity (Wildman–Crippen MR) is 84.0 cm³/mol. The quantitative estimate of drug-likeness (QED) is 0.872. The highest BCUT2D eigenvalue weighted by Gasteiger charge is 2.03. The number of nitrogens with zero attached hydrogens (tertiary/aromatic N) is 2. The van der Waals surface area contributed by atoms with Gasteiger partial charge >= 0.3 is 0 Å². The summed E-state index contributed by atoms with van der Waals surface area (Å²) in [6.07, 6.45) is 0. The first kappa shape index (κ1) is 14.3. The van der Waals surface area contributed by atoms with Crippen LogP contribution in [0.15, 0.2) is 30.3 Å². The van der Waals surface area contributed by atoms with Crippen molar-refractivity contribution in [2.45, 2.75) is 40.3 Å². The summed E-state index contributed by atoms with van der Waals surface area (Å²) in [5.74, 6) is 2.47. The summed E-state index contributed by atoms with van der Waals surface area (Å²) >= 11 is 0. The van der Waals surface area contributed by atoms with Crippen molar-refractivity contribution in [3.8, 4) is 0 Å². The minimum atomic E-state index is 0.356. The Morgan fingerprint density at radius 1 is 1.00 bits per heavy atom. The predicted octanol–water partition coefficient (Wildman–Crippen LogP) is 3.53. The molecule has 0 bridgehead atoms. The number of aromatic nitrogens is 2. The topological polar surface area (TPSA) is 49.8 Å². The van der Waals surface area contributed by atoms with E-state index in [9.17, 15) is 0 Å². The fraction of sp³-hybridized carbons (Fsp3) is 0.375. The normalized spacial score (nSPS) is 10.7. The molecule has 20 heavy (non-hydrogen) atoms. The minimum absolute atomic E-state index is 0.356. The minimum Gasteiger partial charge on any atom is -0.368 e. The van der Waals surface area contributed by atoms with E-state index in [1.165, 1.54) is 11.1 Å². The second-order valence-electron chi connectivity index (χ2n) is 5.32. The van der Waals surface area contributed by atoms with Crippen LogP contribution in [0.4, 0.5) is 11.6 Å². The van der Waals surface area contributed by atoms with Crippen LogP contribution >= 0.6 is 0 Å². The van der Waals surface area contributed by atoms with E-state index in [4.69, 9.17) is 0 Å². The van der Waals surface area contributed by atoms with Crippen LogP contribution in [-0.2, 0) is 6.54 Å². The molecule has 0 saturated heterocycles. The molecule has 0 spiro atoms. The molecule has 0 aliphatic rings. The molecule has 106 valence electrons. The molecule has 4 heteroatoms. The first-order valence-electron chi connectivity index (χ1n) is 6.94. The van der Waals surface area contributed by atoms with Gasteiger partial charge in [0.1, 0.15) is 17.5 Å². The molecule has 0 unspecified atom stereocenters. The van der Waals surface area contributed by atoms with Gasteiger partial charge in [-0.3, -0.25) is 0 Å². The Morgan fingerprint density at radius 2 is 1.65 bits per heavy atom. The maximum absolute atomic E-state index is 4.41. The number of hydrogen-bond acceptors (Lipinski definition) is 4. The molecule has 0 saturated carbocycles. The lowest BCUT2D eigenvalue weighted by atomic mass is 10.1. The van der Waals surface area contributed by atoms with E-state index < -0.39 is 0 Å². The second-order valence-corrected chi connectivity index (χ2v) is 5.32. The summed E-state index contributed by atoms with van der Waals surface area (Å²) in [5.41, 5.74) is 2.51. The fourth-order valence-electron chi connectivity index (χ4n) is 1.93. The molecule has 0 aliphatic carbocycles. The van der Waals surface area contributed by atoms with Crippen molar-refractivity contribution < 1.29 is 0 Å². The lowest BCUT2D eigenvalue weighted by Crippen LogP contribution is -2.13. The summed E-state index contributed by atoms with van der Waals surface area (Å²) in [6.45, 7) is 8.95. The van der Waals surface area contributed by atoms with E-state index in [-0.39, 0.29) is 0 Å². The Hall–Kier alpha value is -2.10. The maximum atomic E-state index is 4.41. The van der Waals surface area contributed by atoms with Crippen molar-refractivity contribution in [3.05, 3.63) is 47.3 Å². The Balaban J connectivity index is 2.05. The standard InChI is InChI=1S/C16H22N4/c1-11(2)18-16-9-15(19-13(4)20-16)17-10-14-7-5-12(3)6-8-14/h5-9,11H,10H2,1-4H3,(H2,17,18,19,20). The van der Waals surface area contributed by atoms with E-state index >= 15 is 0 Å². The first-order chi connectivity index (χ1) is 9.52. The van der Waals surface area contributed by atoms with Gasteiger partial charge in [-0.2, -0.15) is 0 Å². The lowest BCUT2D eigenvalue weighted by Gasteiger charge is -2.12. The van der Waals surface area contributed by atoms with Gasteiger partial charge in [0, 0.05) is 18.7 Å². The Bertz CT molecular complexity index is 561. The maximum Gasteiger partial charge on any atom is 0.132 e. The van der Waals surface area contributed by atoms with Crippen LogP contribution in [0.3, 0.4) is 0 Å². The van der Waals surface area contributed by atoms with Crippen LogP contribution in [0.5, 0.6) is 0 Å². The highest BCUT2D eigenvalue weighted by atomic mass is 15.1. The van der Waals surface area contributed by atoms with E-state index in [2.05, 4.69) is 65.6 Å². The second kappa shape index (κ2) is 6.37. The fourth-order valence-corrected chi connectivity index (χ4v) is 1.93. The zero-order chi connectivity index (χ0) is 14.5. The van der Waals surface area contributed by atoms with Gasteiger partial charge < -0.3 is 10.6 Å². The SMILES string of the molecule is Cc1ccc(CNc2cc(NC(C)C)nc(C)n2)cc1. The van der Waals surface area contributed by atoms with Crippen molar-refractivity contribution in [1.29, 1.82) is 0 Å². The van der Waals surface area contributed by atoms with Gasteiger partial charge in [0.05, 0.1) is 0 Å². The first-order valence-corrected chi connectivity index (χ1v) is 6.94. The summed E-state index contributed by atoms with van der Waals surface area (Å²) in [5, 5.41) is 6.64. The zero-order valence-electron chi connectivity index (χ0n) is 12.6. The van der Waals surface area contributed by atoms with Gasteiger partial charge in [-0.05, 0) is 33.3 Å². The number of nitrogens with one attached hydrogen (secondary N) is 2. The smallest absolute Gasteiger partial charge is 0.132 e. The molecule has 0 fully saturated rings. The molecule has 2 N–H and O–H groups in total. The van der Waals surface area contributed by atoms with Crippen LogP contribution in [0.25, 0.3) is 0 Å². The number of rotatable bonds is 5. The third kappa shape index (κ3) is 4.23. The molecule has 0 radical (unpaired) electrons. The molecular formula is C16H22N4. The highest BCUT2D eigenvalue weighted by Crippen LogP contribution is 2.13.